The predicted octanol–water partition coefficient (Wildman–Crippen LogP) is 2.00. The van der Waals surface area contributed by atoms with Crippen molar-refractivity contribution < 1.29 is 14.0 Å². The maximum atomic E-state index is 14.0. The van der Waals surface area contributed by atoms with Gasteiger partial charge in [0.15, 0.2) is 0 Å². The smallest absolute Gasteiger partial charge is 0.256 e. The molecular formula is C17H22FN3O2. The molecule has 0 unspecified atom stereocenters. The van der Waals surface area contributed by atoms with E-state index in [1.807, 2.05) is 0 Å². The third-order valence-electron chi connectivity index (χ3n) is 4.96. The Morgan fingerprint density at radius 3 is 2.61 bits per heavy atom. The van der Waals surface area contributed by atoms with Crippen molar-refractivity contribution in [2.45, 2.75) is 26.2 Å². The molecule has 0 atom stereocenters. The molecule has 0 saturated carbocycles. The number of nitrogens with zero attached hydrogens (tertiary/aromatic N) is 1. The van der Waals surface area contributed by atoms with Crippen LogP contribution in [0.5, 0.6) is 0 Å². The number of rotatable bonds is 2. The summed E-state index contributed by atoms with van der Waals surface area (Å²) >= 11 is 0. The second-order valence-corrected chi connectivity index (χ2v) is 6.59. The van der Waals surface area contributed by atoms with Crippen LogP contribution in [0.25, 0.3) is 0 Å². The minimum atomic E-state index is -0.549. The highest BCUT2D eigenvalue weighted by atomic mass is 19.1. The van der Waals surface area contributed by atoms with Gasteiger partial charge in [0, 0.05) is 32.2 Å². The largest absolute Gasteiger partial charge is 0.339 e. The fourth-order valence-corrected chi connectivity index (χ4v) is 3.55. The number of benzene rings is 1. The van der Waals surface area contributed by atoms with Crippen LogP contribution in [-0.2, 0) is 4.79 Å². The Labute approximate surface area is 135 Å². The average Bonchev–Trinajstić information content (AvgIpc) is 2.97. The Hall–Kier alpha value is -1.95. The number of likely N-dealkylation sites (tertiary alicyclic amines) is 1. The Kier molecular flexibility index (Phi) is 4.35. The number of amides is 2. The molecule has 2 N–H and O–H groups in total. The molecule has 2 fully saturated rings. The zero-order valence-electron chi connectivity index (χ0n) is 13.3. The molecule has 0 bridgehead atoms. The van der Waals surface area contributed by atoms with E-state index in [2.05, 4.69) is 10.6 Å². The van der Waals surface area contributed by atoms with Crippen molar-refractivity contribution in [2.75, 3.05) is 31.5 Å². The fraction of sp³-hybridized carbons (Fsp3) is 0.529. The van der Waals surface area contributed by atoms with Gasteiger partial charge in [0.25, 0.3) is 5.91 Å². The first-order chi connectivity index (χ1) is 11.0. The molecule has 0 radical (unpaired) electrons. The second-order valence-electron chi connectivity index (χ2n) is 6.59. The zero-order chi connectivity index (χ0) is 16.4. The van der Waals surface area contributed by atoms with E-state index < -0.39 is 5.82 Å². The van der Waals surface area contributed by atoms with Crippen molar-refractivity contribution in [3.05, 3.63) is 29.6 Å². The van der Waals surface area contributed by atoms with Crippen molar-refractivity contribution >= 4 is 17.5 Å². The average molecular weight is 319 g/mol. The van der Waals surface area contributed by atoms with E-state index in [4.69, 9.17) is 0 Å². The summed E-state index contributed by atoms with van der Waals surface area (Å²) in [4.78, 5) is 25.5. The molecule has 2 saturated heterocycles. The number of hydrogen-bond donors (Lipinski definition) is 2. The molecule has 0 aromatic heterocycles. The first-order valence-corrected chi connectivity index (χ1v) is 8.06. The van der Waals surface area contributed by atoms with Gasteiger partial charge in [0.05, 0.1) is 5.56 Å². The molecule has 5 nitrogen and oxygen atoms in total. The maximum absolute atomic E-state index is 14.0. The van der Waals surface area contributed by atoms with Crippen molar-refractivity contribution in [1.82, 2.24) is 10.2 Å². The first kappa shape index (κ1) is 15.9. The van der Waals surface area contributed by atoms with Crippen LogP contribution in [0.3, 0.4) is 0 Å². The number of nitrogens with one attached hydrogen (secondary N) is 2. The van der Waals surface area contributed by atoms with Gasteiger partial charge >= 0.3 is 0 Å². The van der Waals surface area contributed by atoms with Gasteiger partial charge in [-0.25, -0.2) is 4.39 Å². The van der Waals surface area contributed by atoms with Gasteiger partial charge in [-0.15, -0.1) is 0 Å². The highest BCUT2D eigenvalue weighted by Crippen LogP contribution is 2.37. The Balaban J connectivity index is 1.72. The summed E-state index contributed by atoms with van der Waals surface area (Å²) < 4.78 is 14.0. The molecule has 1 spiro atoms. The van der Waals surface area contributed by atoms with Crippen LogP contribution in [0.4, 0.5) is 10.1 Å². The molecule has 2 heterocycles. The summed E-state index contributed by atoms with van der Waals surface area (Å²) in [5, 5.41) is 5.97. The third-order valence-corrected chi connectivity index (χ3v) is 4.96. The normalized spacial score (nSPS) is 19.8. The summed E-state index contributed by atoms with van der Waals surface area (Å²) in [7, 11) is 0. The standard InChI is InChI=1S/C17H22FN3O2/c1-12(22)20-13-2-3-15(18)14(10-13)16(23)21-8-5-17(6-9-21)4-7-19-11-17/h2-3,10,19H,4-9,11H2,1H3,(H,20,22). The zero-order valence-corrected chi connectivity index (χ0v) is 13.3. The van der Waals surface area contributed by atoms with Crippen LogP contribution in [0.1, 0.15) is 36.5 Å². The molecule has 2 aliphatic heterocycles. The lowest BCUT2D eigenvalue weighted by Gasteiger charge is -2.39. The van der Waals surface area contributed by atoms with Crippen LogP contribution in [-0.4, -0.2) is 42.9 Å². The van der Waals surface area contributed by atoms with E-state index in [1.54, 1.807) is 4.90 Å². The van der Waals surface area contributed by atoms with Gasteiger partial charge in [0.2, 0.25) is 5.91 Å². The number of hydrogen-bond acceptors (Lipinski definition) is 3. The van der Waals surface area contributed by atoms with Crippen LogP contribution in [0.15, 0.2) is 18.2 Å². The number of piperidine rings is 1. The SMILES string of the molecule is CC(=O)Nc1ccc(F)c(C(=O)N2CCC3(CCNC3)CC2)c1. The minimum absolute atomic E-state index is 0.0248. The summed E-state index contributed by atoms with van der Waals surface area (Å²) in [6.45, 7) is 4.75. The molecule has 124 valence electrons. The number of halogens is 1. The van der Waals surface area contributed by atoms with Crippen LogP contribution in [0.2, 0.25) is 0 Å². The second kappa shape index (κ2) is 6.28. The van der Waals surface area contributed by atoms with E-state index in [1.165, 1.54) is 25.1 Å². The Morgan fingerprint density at radius 2 is 2.00 bits per heavy atom. The molecular weight excluding hydrogens is 297 g/mol. The van der Waals surface area contributed by atoms with E-state index in [-0.39, 0.29) is 17.4 Å². The lowest BCUT2D eigenvalue weighted by Crippen LogP contribution is -2.44. The van der Waals surface area contributed by atoms with E-state index in [0.29, 0.717) is 24.2 Å². The molecule has 1 aromatic carbocycles. The van der Waals surface area contributed by atoms with Gasteiger partial charge < -0.3 is 15.5 Å². The van der Waals surface area contributed by atoms with Crippen molar-refractivity contribution in [3.63, 3.8) is 0 Å². The third kappa shape index (κ3) is 3.37. The number of carbonyl (C=O) groups is 2. The van der Waals surface area contributed by atoms with E-state index in [0.717, 1.165) is 32.4 Å². The highest BCUT2D eigenvalue weighted by Gasteiger charge is 2.38. The monoisotopic (exact) mass is 319 g/mol. The topological polar surface area (TPSA) is 61.4 Å². The maximum Gasteiger partial charge on any atom is 0.256 e. The molecule has 0 aliphatic carbocycles. The summed E-state index contributed by atoms with van der Waals surface area (Å²) in [5.41, 5.74) is 0.778. The number of carbonyl (C=O) groups excluding carboxylic acids is 2. The van der Waals surface area contributed by atoms with E-state index in [9.17, 15) is 14.0 Å². The fourth-order valence-electron chi connectivity index (χ4n) is 3.55. The number of anilines is 1. The van der Waals surface area contributed by atoms with Gasteiger partial charge in [-0.1, -0.05) is 0 Å². The van der Waals surface area contributed by atoms with E-state index >= 15 is 0 Å². The first-order valence-electron chi connectivity index (χ1n) is 8.06. The highest BCUT2D eigenvalue weighted by molar-refractivity contribution is 5.97. The minimum Gasteiger partial charge on any atom is -0.339 e. The molecule has 6 heteroatoms. The van der Waals surface area contributed by atoms with Gasteiger partial charge in [0.1, 0.15) is 5.82 Å². The predicted molar refractivity (Wildman–Crippen MR) is 85.8 cm³/mol. The van der Waals surface area contributed by atoms with Crippen molar-refractivity contribution in [2.24, 2.45) is 5.41 Å². The van der Waals surface area contributed by atoms with Gasteiger partial charge in [-0.2, -0.15) is 0 Å². The van der Waals surface area contributed by atoms with Gasteiger partial charge in [-0.05, 0) is 49.4 Å². The molecule has 2 amide bonds. The molecule has 3 rings (SSSR count). The summed E-state index contributed by atoms with van der Waals surface area (Å²) in [5.74, 6) is -1.09. The van der Waals surface area contributed by atoms with Crippen molar-refractivity contribution in [3.8, 4) is 0 Å². The van der Waals surface area contributed by atoms with Crippen molar-refractivity contribution in [1.29, 1.82) is 0 Å². The molecule has 2 aliphatic rings. The quantitative estimate of drug-likeness (QED) is 0.876. The van der Waals surface area contributed by atoms with Crippen LogP contribution >= 0.6 is 0 Å². The lowest BCUT2D eigenvalue weighted by atomic mass is 9.78. The Morgan fingerprint density at radius 1 is 1.26 bits per heavy atom. The summed E-state index contributed by atoms with van der Waals surface area (Å²) in [6.07, 6.45) is 3.07. The van der Waals surface area contributed by atoms with Crippen LogP contribution < -0.4 is 10.6 Å². The molecule has 1 aromatic rings. The van der Waals surface area contributed by atoms with Gasteiger partial charge in [-0.3, -0.25) is 9.59 Å². The Bertz CT molecular complexity index is 616. The van der Waals surface area contributed by atoms with Crippen LogP contribution in [0, 0.1) is 11.2 Å². The lowest BCUT2D eigenvalue weighted by molar-refractivity contribution is -0.114. The molecule has 23 heavy (non-hydrogen) atoms. The summed E-state index contributed by atoms with van der Waals surface area (Å²) in [6, 6.07) is 4.11.